The quantitative estimate of drug-likeness (QED) is 0.827. The van der Waals surface area contributed by atoms with Gasteiger partial charge < -0.3 is 4.90 Å². The molecule has 2 aromatic heterocycles. The van der Waals surface area contributed by atoms with E-state index < -0.39 is 0 Å². The highest BCUT2D eigenvalue weighted by Crippen LogP contribution is 2.38. The second kappa shape index (κ2) is 6.75. The van der Waals surface area contributed by atoms with Gasteiger partial charge in [0.05, 0.1) is 6.04 Å². The van der Waals surface area contributed by atoms with Crippen molar-refractivity contribution >= 4 is 5.91 Å². The molecule has 0 spiro atoms. The van der Waals surface area contributed by atoms with E-state index in [9.17, 15) is 4.79 Å². The molecular weight excluding hydrogens is 330 g/mol. The van der Waals surface area contributed by atoms with Crippen LogP contribution in [0.15, 0.2) is 24.4 Å². The van der Waals surface area contributed by atoms with E-state index in [0.717, 1.165) is 25.1 Å². The van der Waals surface area contributed by atoms with Crippen molar-refractivity contribution in [2.75, 3.05) is 27.2 Å². The van der Waals surface area contributed by atoms with Crippen molar-refractivity contribution in [1.29, 1.82) is 0 Å². The number of carbonyl (C=O) groups is 1. The van der Waals surface area contributed by atoms with Crippen LogP contribution in [0, 0.1) is 0 Å². The molecule has 1 amide bonds. The second-order valence-electron chi connectivity index (χ2n) is 7.50. The van der Waals surface area contributed by atoms with Gasteiger partial charge in [0.2, 0.25) is 0 Å². The molecule has 2 aliphatic rings. The van der Waals surface area contributed by atoms with Crippen LogP contribution in [0.25, 0.3) is 0 Å². The molecule has 4 rings (SSSR count). The molecule has 0 bridgehead atoms. The van der Waals surface area contributed by atoms with Gasteiger partial charge in [0.25, 0.3) is 5.91 Å². The predicted octanol–water partition coefficient (Wildman–Crippen LogP) is 1.49. The van der Waals surface area contributed by atoms with E-state index in [4.69, 9.17) is 0 Å². The molecule has 1 atom stereocenters. The van der Waals surface area contributed by atoms with E-state index in [0.29, 0.717) is 24.8 Å². The summed E-state index contributed by atoms with van der Waals surface area (Å²) in [4.78, 5) is 21.1. The monoisotopic (exact) mass is 355 g/mol. The van der Waals surface area contributed by atoms with Gasteiger partial charge in [-0.2, -0.15) is 0 Å². The molecule has 1 aliphatic carbocycles. The van der Waals surface area contributed by atoms with Crippen LogP contribution in [0.1, 0.15) is 54.5 Å². The number of likely N-dealkylation sites (N-methyl/N-ethyl adjacent to an activating group) is 1. The number of hydrogen-bond donors (Lipinski definition) is 0. The lowest BCUT2D eigenvalue weighted by atomic mass is 9.95. The maximum atomic E-state index is 12.9. The minimum Gasteiger partial charge on any atom is -0.335 e. The molecular formula is C18H25N7O. The summed E-state index contributed by atoms with van der Waals surface area (Å²) >= 11 is 0. The van der Waals surface area contributed by atoms with E-state index in [1.807, 2.05) is 35.8 Å². The van der Waals surface area contributed by atoms with E-state index in [2.05, 4.69) is 25.4 Å². The minimum atomic E-state index is -0.365. The summed E-state index contributed by atoms with van der Waals surface area (Å²) < 4.78 is 2.02. The fraction of sp³-hybridized carbons (Fsp3) is 0.611. The fourth-order valence-electron chi connectivity index (χ4n) is 4.26. The van der Waals surface area contributed by atoms with Crippen LogP contribution < -0.4 is 0 Å². The van der Waals surface area contributed by atoms with Crippen LogP contribution in [0.3, 0.4) is 0 Å². The lowest BCUT2D eigenvalue weighted by Crippen LogP contribution is -2.47. The lowest BCUT2D eigenvalue weighted by Gasteiger charge is -2.35. The highest BCUT2D eigenvalue weighted by atomic mass is 16.2. The number of pyridine rings is 1. The van der Waals surface area contributed by atoms with Crippen molar-refractivity contribution in [3.8, 4) is 0 Å². The number of tetrazole rings is 1. The Balaban J connectivity index is 1.63. The summed E-state index contributed by atoms with van der Waals surface area (Å²) in [5.74, 6) is 0.847. The van der Waals surface area contributed by atoms with Crippen LogP contribution in [0.5, 0.6) is 0 Å². The van der Waals surface area contributed by atoms with Crippen LogP contribution in [0.2, 0.25) is 0 Å². The molecule has 0 N–H and O–H groups in total. The zero-order valence-electron chi connectivity index (χ0n) is 15.4. The van der Waals surface area contributed by atoms with Gasteiger partial charge in [-0.25, -0.2) is 4.68 Å². The lowest BCUT2D eigenvalue weighted by molar-refractivity contribution is 0.0732. The van der Waals surface area contributed by atoms with E-state index in [1.54, 1.807) is 12.3 Å². The molecule has 2 aromatic rings. The summed E-state index contributed by atoms with van der Waals surface area (Å²) in [7, 11) is 4.09. The average Bonchev–Trinajstić information content (AvgIpc) is 3.40. The minimum absolute atomic E-state index is 0.0331. The molecule has 138 valence electrons. The number of nitrogens with zero attached hydrogens (tertiary/aromatic N) is 7. The number of amides is 1. The van der Waals surface area contributed by atoms with Gasteiger partial charge in [-0.1, -0.05) is 18.9 Å². The zero-order chi connectivity index (χ0) is 18.1. The number of aromatic nitrogens is 5. The molecule has 1 saturated carbocycles. The van der Waals surface area contributed by atoms with Crippen molar-refractivity contribution in [2.45, 2.75) is 43.7 Å². The molecule has 0 radical (unpaired) electrons. The first kappa shape index (κ1) is 17.1. The highest BCUT2D eigenvalue weighted by Gasteiger charge is 2.48. The normalized spacial score (nSPS) is 23.9. The third kappa shape index (κ3) is 2.78. The Hall–Kier alpha value is -2.35. The topological polar surface area (TPSA) is 80.0 Å². The molecule has 2 fully saturated rings. The van der Waals surface area contributed by atoms with Crippen LogP contribution in [-0.2, 0) is 5.54 Å². The number of carbonyl (C=O) groups excluding carboxylic acids is 1. The maximum absolute atomic E-state index is 12.9. The Kier molecular flexibility index (Phi) is 4.44. The zero-order valence-corrected chi connectivity index (χ0v) is 15.4. The Bertz CT molecular complexity index is 769. The fourth-order valence-corrected chi connectivity index (χ4v) is 4.26. The van der Waals surface area contributed by atoms with Gasteiger partial charge in [0, 0.05) is 19.3 Å². The summed E-state index contributed by atoms with van der Waals surface area (Å²) in [6, 6.07) is 5.80. The van der Waals surface area contributed by atoms with Crippen LogP contribution in [-0.4, -0.2) is 68.1 Å². The first-order valence-corrected chi connectivity index (χ1v) is 9.28. The molecule has 8 nitrogen and oxygen atoms in total. The van der Waals surface area contributed by atoms with Crippen LogP contribution >= 0.6 is 0 Å². The standard InChI is InChI=1S/C18H25N7O/c1-23(2)18(17-20-21-22-25(17)14-7-3-4-8-14)10-12-24(13-18)16(26)15-9-5-6-11-19-15/h5-6,9,11,14H,3-4,7-8,10,12-13H2,1-2H3/t18-/m0/s1. The Morgan fingerprint density at radius 2 is 2.08 bits per heavy atom. The predicted molar refractivity (Wildman–Crippen MR) is 95.4 cm³/mol. The molecule has 3 heterocycles. The SMILES string of the molecule is CN(C)[C@@]1(c2nnnn2C2CCCC2)CCN(C(=O)c2ccccn2)C1. The largest absolute Gasteiger partial charge is 0.335 e. The van der Waals surface area contributed by atoms with Gasteiger partial charge >= 0.3 is 0 Å². The van der Waals surface area contributed by atoms with E-state index in [-0.39, 0.29) is 11.4 Å². The first-order chi connectivity index (χ1) is 12.6. The van der Waals surface area contributed by atoms with Gasteiger partial charge in [-0.3, -0.25) is 14.7 Å². The van der Waals surface area contributed by atoms with Crippen molar-refractivity contribution < 1.29 is 4.79 Å². The van der Waals surface area contributed by atoms with Gasteiger partial charge in [-0.15, -0.1) is 5.10 Å². The summed E-state index contributed by atoms with van der Waals surface area (Å²) in [6.45, 7) is 1.24. The molecule has 26 heavy (non-hydrogen) atoms. The third-order valence-electron chi connectivity index (χ3n) is 5.85. The van der Waals surface area contributed by atoms with Gasteiger partial charge in [-0.05, 0) is 55.9 Å². The number of rotatable bonds is 4. The second-order valence-corrected chi connectivity index (χ2v) is 7.50. The van der Waals surface area contributed by atoms with E-state index in [1.165, 1.54) is 12.8 Å². The Morgan fingerprint density at radius 3 is 2.77 bits per heavy atom. The number of hydrogen-bond acceptors (Lipinski definition) is 6. The Labute approximate surface area is 153 Å². The first-order valence-electron chi connectivity index (χ1n) is 9.28. The van der Waals surface area contributed by atoms with Crippen molar-refractivity contribution in [1.82, 2.24) is 35.0 Å². The van der Waals surface area contributed by atoms with Gasteiger partial charge in [0.15, 0.2) is 5.82 Å². The summed E-state index contributed by atoms with van der Waals surface area (Å²) in [5, 5.41) is 12.7. The third-order valence-corrected chi connectivity index (χ3v) is 5.85. The van der Waals surface area contributed by atoms with Crippen molar-refractivity contribution in [2.24, 2.45) is 0 Å². The average molecular weight is 355 g/mol. The molecule has 0 aromatic carbocycles. The summed E-state index contributed by atoms with van der Waals surface area (Å²) in [5.41, 5.74) is 0.119. The van der Waals surface area contributed by atoms with Gasteiger partial charge in [0.1, 0.15) is 11.2 Å². The molecule has 1 saturated heterocycles. The van der Waals surface area contributed by atoms with Crippen LogP contribution in [0.4, 0.5) is 0 Å². The maximum Gasteiger partial charge on any atom is 0.272 e. The summed E-state index contributed by atoms with van der Waals surface area (Å²) in [6.07, 6.45) is 7.16. The number of likely N-dealkylation sites (tertiary alicyclic amines) is 1. The molecule has 8 heteroatoms. The van der Waals surface area contributed by atoms with Crippen molar-refractivity contribution in [3.63, 3.8) is 0 Å². The van der Waals surface area contributed by atoms with E-state index >= 15 is 0 Å². The van der Waals surface area contributed by atoms with Crippen molar-refractivity contribution in [3.05, 3.63) is 35.9 Å². The molecule has 0 unspecified atom stereocenters. The molecule has 1 aliphatic heterocycles. The Morgan fingerprint density at radius 1 is 1.27 bits per heavy atom. The smallest absolute Gasteiger partial charge is 0.272 e. The highest BCUT2D eigenvalue weighted by molar-refractivity contribution is 5.92.